The smallest absolute Gasteiger partial charge is 0.372 e. The summed E-state index contributed by atoms with van der Waals surface area (Å²) in [4.78, 5) is 18.5. The number of ether oxygens (including phenoxy) is 1. The zero-order valence-corrected chi connectivity index (χ0v) is 11.8. The summed E-state index contributed by atoms with van der Waals surface area (Å²) in [6.45, 7) is 2.25. The summed E-state index contributed by atoms with van der Waals surface area (Å²) in [5, 5.41) is 14.4. The van der Waals surface area contributed by atoms with Crippen molar-refractivity contribution in [3.8, 4) is 5.88 Å². The predicted octanol–water partition coefficient (Wildman–Crippen LogP) is 2.77. The zero-order valence-electron chi connectivity index (χ0n) is 11.8. The number of rotatable bonds is 4. The molecule has 110 valence electrons. The van der Waals surface area contributed by atoms with Crippen LogP contribution in [0.25, 0.3) is 0 Å². The van der Waals surface area contributed by atoms with Crippen molar-refractivity contribution in [2.45, 2.75) is 45.1 Å². The average molecular weight is 280 g/mol. The van der Waals surface area contributed by atoms with Crippen LogP contribution in [-0.2, 0) is 0 Å². The van der Waals surface area contributed by atoms with E-state index in [2.05, 4.69) is 22.2 Å². The Labute approximate surface area is 117 Å². The van der Waals surface area contributed by atoms with Gasteiger partial charge in [-0.3, -0.25) is 10.1 Å². The topological polar surface area (TPSA) is 90.2 Å². The van der Waals surface area contributed by atoms with E-state index < -0.39 is 4.92 Å². The van der Waals surface area contributed by atoms with Gasteiger partial charge in [0.05, 0.1) is 12.0 Å². The largest absolute Gasteiger partial charge is 0.476 e. The summed E-state index contributed by atoms with van der Waals surface area (Å²) >= 11 is 0. The number of nitrogens with zero attached hydrogens (tertiary/aromatic N) is 3. The van der Waals surface area contributed by atoms with E-state index in [0.29, 0.717) is 0 Å². The van der Waals surface area contributed by atoms with Gasteiger partial charge >= 0.3 is 5.69 Å². The molecule has 0 saturated heterocycles. The minimum Gasteiger partial charge on any atom is -0.476 e. The van der Waals surface area contributed by atoms with Crippen molar-refractivity contribution in [2.24, 2.45) is 5.92 Å². The van der Waals surface area contributed by atoms with E-state index in [-0.39, 0.29) is 23.4 Å². The molecule has 0 amide bonds. The summed E-state index contributed by atoms with van der Waals surface area (Å²) in [6, 6.07) is 0.221. The van der Waals surface area contributed by atoms with E-state index in [1.165, 1.54) is 19.9 Å². The zero-order chi connectivity index (χ0) is 14.5. The van der Waals surface area contributed by atoms with Gasteiger partial charge in [-0.1, -0.05) is 19.8 Å². The highest BCUT2D eigenvalue weighted by Gasteiger charge is 2.26. The van der Waals surface area contributed by atoms with E-state index in [9.17, 15) is 10.1 Å². The molecule has 0 aromatic carbocycles. The van der Waals surface area contributed by atoms with Gasteiger partial charge in [-0.15, -0.1) is 0 Å². The fraction of sp³-hybridized carbons (Fsp3) is 0.692. The van der Waals surface area contributed by atoms with E-state index in [1.54, 1.807) is 0 Å². The Hall–Kier alpha value is -1.92. The molecule has 1 aromatic rings. The first-order valence-electron chi connectivity index (χ1n) is 6.91. The predicted molar refractivity (Wildman–Crippen MR) is 74.9 cm³/mol. The molecule has 7 nitrogen and oxygen atoms in total. The quantitative estimate of drug-likeness (QED) is 0.518. The molecule has 20 heavy (non-hydrogen) atoms. The second-order valence-corrected chi connectivity index (χ2v) is 5.29. The Kier molecular flexibility index (Phi) is 4.70. The van der Waals surface area contributed by atoms with E-state index in [0.717, 1.165) is 31.6 Å². The molecular formula is C13H20N4O3. The van der Waals surface area contributed by atoms with Gasteiger partial charge in [0.1, 0.15) is 6.33 Å². The number of aromatic nitrogens is 2. The van der Waals surface area contributed by atoms with Crippen LogP contribution in [0.1, 0.15) is 39.0 Å². The van der Waals surface area contributed by atoms with Crippen molar-refractivity contribution < 1.29 is 9.66 Å². The molecular weight excluding hydrogens is 260 g/mol. The minimum absolute atomic E-state index is 0.00510. The van der Waals surface area contributed by atoms with Gasteiger partial charge in [0, 0.05) is 6.04 Å². The van der Waals surface area contributed by atoms with Crippen LogP contribution in [0.15, 0.2) is 6.33 Å². The summed E-state index contributed by atoms with van der Waals surface area (Å²) in [5.41, 5.74) is -0.188. The number of hydrogen-bond donors (Lipinski definition) is 1. The highest BCUT2D eigenvalue weighted by atomic mass is 16.6. The highest BCUT2D eigenvalue weighted by Crippen LogP contribution is 2.32. The SMILES string of the molecule is COc1ncnc(NC2CCCC(C)CC2)c1[N+](=O)[O-]. The first-order chi connectivity index (χ1) is 9.61. The summed E-state index contributed by atoms with van der Waals surface area (Å²) in [6.07, 6.45) is 6.78. The molecule has 1 saturated carbocycles. The van der Waals surface area contributed by atoms with Crippen LogP contribution in [0.4, 0.5) is 11.5 Å². The Morgan fingerprint density at radius 2 is 2.15 bits per heavy atom. The summed E-state index contributed by atoms with van der Waals surface area (Å²) < 4.78 is 4.95. The van der Waals surface area contributed by atoms with Crippen molar-refractivity contribution in [2.75, 3.05) is 12.4 Å². The van der Waals surface area contributed by atoms with Crippen LogP contribution in [0.2, 0.25) is 0 Å². The molecule has 7 heteroatoms. The van der Waals surface area contributed by atoms with Crippen molar-refractivity contribution in [1.29, 1.82) is 0 Å². The van der Waals surface area contributed by atoms with Crippen LogP contribution in [0, 0.1) is 16.0 Å². The number of hydrogen-bond acceptors (Lipinski definition) is 6. The Morgan fingerprint density at radius 3 is 2.85 bits per heavy atom. The molecule has 2 unspecified atom stereocenters. The fourth-order valence-corrected chi connectivity index (χ4v) is 2.61. The Balaban J connectivity index is 2.18. The number of methoxy groups -OCH3 is 1. The molecule has 2 atom stereocenters. The maximum atomic E-state index is 11.2. The van der Waals surface area contributed by atoms with Gasteiger partial charge in [-0.05, 0) is 25.2 Å². The van der Waals surface area contributed by atoms with Crippen molar-refractivity contribution >= 4 is 11.5 Å². The van der Waals surface area contributed by atoms with Gasteiger partial charge < -0.3 is 10.1 Å². The maximum absolute atomic E-state index is 11.2. The lowest BCUT2D eigenvalue weighted by molar-refractivity contribution is -0.385. The van der Waals surface area contributed by atoms with Gasteiger partial charge in [0.2, 0.25) is 5.82 Å². The monoisotopic (exact) mass is 280 g/mol. The molecule has 1 fully saturated rings. The van der Waals surface area contributed by atoms with Crippen molar-refractivity contribution in [3.05, 3.63) is 16.4 Å². The van der Waals surface area contributed by atoms with Crippen LogP contribution in [-0.4, -0.2) is 28.0 Å². The average Bonchev–Trinajstić information content (AvgIpc) is 2.63. The van der Waals surface area contributed by atoms with E-state index in [1.807, 2.05) is 0 Å². The van der Waals surface area contributed by atoms with Crippen molar-refractivity contribution in [1.82, 2.24) is 9.97 Å². The molecule has 0 bridgehead atoms. The molecule has 0 radical (unpaired) electrons. The fourth-order valence-electron chi connectivity index (χ4n) is 2.61. The minimum atomic E-state index is -0.500. The Bertz CT molecular complexity index is 481. The van der Waals surface area contributed by atoms with Gasteiger partial charge in [-0.25, -0.2) is 4.98 Å². The molecule has 0 aliphatic heterocycles. The van der Waals surface area contributed by atoms with E-state index in [4.69, 9.17) is 4.74 Å². The van der Waals surface area contributed by atoms with Crippen LogP contribution in [0.5, 0.6) is 5.88 Å². The first-order valence-corrected chi connectivity index (χ1v) is 6.91. The molecule has 1 aliphatic rings. The summed E-state index contributed by atoms with van der Waals surface area (Å²) in [5.74, 6) is 0.965. The van der Waals surface area contributed by atoms with Crippen molar-refractivity contribution in [3.63, 3.8) is 0 Å². The first kappa shape index (κ1) is 14.5. The number of nitro groups is 1. The maximum Gasteiger partial charge on any atom is 0.372 e. The molecule has 2 rings (SSSR count). The van der Waals surface area contributed by atoms with Gasteiger partial charge in [-0.2, -0.15) is 4.98 Å². The van der Waals surface area contributed by atoms with Gasteiger partial charge in [0.25, 0.3) is 5.88 Å². The standard InChI is InChI=1S/C13H20N4O3/c1-9-4-3-5-10(7-6-9)16-12-11(17(18)19)13(20-2)15-8-14-12/h8-10H,3-7H2,1-2H3,(H,14,15,16). The molecule has 1 aliphatic carbocycles. The van der Waals surface area contributed by atoms with Gasteiger partial charge in [0.15, 0.2) is 0 Å². The third kappa shape index (κ3) is 3.34. The lowest BCUT2D eigenvalue weighted by Crippen LogP contribution is -2.20. The lowest BCUT2D eigenvalue weighted by atomic mass is 10.0. The Morgan fingerprint density at radius 1 is 1.35 bits per heavy atom. The second kappa shape index (κ2) is 6.49. The molecule has 0 spiro atoms. The molecule has 1 heterocycles. The second-order valence-electron chi connectivity index (χ2n) is 5.29. The van der Waals surface area contributed by atoms with Crippen LogP contribution < -0.4 is 10.1 Å². The molecule has 1 N–H and O–H groups in total. The third-order valence-electron chi connectivity index (χ3n) is 3.76. The van der Waals surface area contributed by atoms with E-state index >= 15 is 0 Å². The number of nitrogens with one attached hydrogen (secondary N) is 1. The van der Waals surface area contributed by atoms with Crippen LogP contribution in [0.3, 0.4) is 0 Å². The molecule has 1 aromatic heterocycles. The van der Waals surface area contributed by atoms with Crippen LogP contribution >= 0.6 is 0 Å². The summed E-state index contributed by atoms with van der Waals surface area (Å²) in [7, 11) is 1.37. The number of anilines is 1. The third-order valence-corrected chi connectivity index (χ3v) is 3.76. The highest BCUT2D eigenvalue weighted by molar-refractivity contribution is 5.61. The normalized spacial score (nSPS) is 22.9. The lowest BCUT2D eigenvalue weighted by Gasteiger charge is -2.17.